The van der Waals surface area contributed by atoms with Crippen LogP contribution >= 0.6 is 11.3 Å². The molecule has 0 radical (unpaired) electrons. The zero-order chi connectivity index (χ0) is 12.5. The molecule has 0 atom stereocenters. The van der Waals surface area contributed by atoms with Crippen LogP contribution in [0.25, 0.3) is 11.4 Å². The number of nitrogens with zero attached hydrogens (tertiary/aromatic N) is 3. The summed E-state index contributed by atoms with van der Waals surface area (Å²) in [7, 11) is 0. The number of thiophene rings is 1. The molecular weight excluding hydrogens is 250 g/mol. The maximum Gasteiger partial charge on any atom is 0.231 e. The quantitative estimate of drug-likeness (QED) is 0.725. The minimum absolute atomic E-state index is 0.554. The molecule has 5 nitrogen and oxygen atoms in total. The highest BCUT2D eigenvalue weighted by Crippen LogP contribution is 2.21. The van der Waals surface area contributed by atoms with Crippen molar-refractivity contribution in [2.75, 3.05) is 0 Å². The van der Waals surface area contributed by atoms with Crippen LogP contribution in [0.15, 0.2) is 25.9 Å². The summed E-state index contributed by atoms with van der Waals surface area (Å²) in [6, 6.07) is 1.97. The second-order valence-corrected chi connectivity index (χ2v) is 4.78. The summed E-state index contributed by atoms with van der Waals surface area (Å²) in [4.78, 5) is 4.37. The summed E-state index contributed by atoms with van der Waals surface area (Å²) in [5.74, 6) is 1.99. The van der Waals surface area contributed by atoms with Crippen LogP contribution in [0.3, 0.4) is 0 Å². The van der Waals surface area contributed by atoms with Crippen LogP contribution < -0.4 is 0 Å². The largest absolute Gasteiger partial charge is 0.361 e. The second kappa shape index (κ2) is 4.38. The molecule has 0 aliphatic carbocycles. The monoisotopic (exact) mass is 261 g/mol. The summed E-state index contributed by atoms with van der Waals surface area (Å²) >= 11 is 1.61. The highest BCUT2D eigenvalue weighted by Gasteiger charge is 2.15. The Hall–Kier alpha value is -1.95. The summed E-state index contributed by atoms with van der Waals surface area (Å²) in [5, 5.41) is 11.9. The van der Waals surface area contributed by atoms with Gasteiger partial charge in [-0.3, -0.25) is 0 Å². The van der Waals surface area contributed by atoms with Crippen LogP contribution in [-0.2, 0) is 6.42 Å². The number of aromatic nitrogens is 3. The van der Waals surface area contributed by atoms with Gasteiger partial charge >= 0.3 is 0 Å². The Labute approximate surface area is 107 Å². The fourth-order valence-corrected chi connectivity index (χ4v) is 2.38. The van der Waals surface area contributed by atoms with Gasteiger partial charge in [0.1, 0.15) is 5.76 Å². The van der Waals surface area contributed by atoms with Gasteiger partial charge in [-0.05, 0) is 25.3 Å². The highest BCUT2D eigenvalue weighted by atomic mass is 32.1. The molecule has 92 valence electrons. The van der Waals surface area contributed by atoms with E-state index >= 15 is 0 Å². The van der Waals surface area contributed by atoms with Crippen LogP contribution in [0.4, 0.5) is 0 Å². The SMILES string of the molecule is Cc1noc(C)c1Cc1nc(-c2ccsc2)no1. The standard InChI is InChI=1S/C12H11N3O2S/c1-7-10(8(2)16-14-7)5-11-13-12(15-17-11)9-3-4-18-6-9/h3-4,6H,5H2,1-2H3. The minimum Gasteiger partial charge on any atom is -0.361 e. The third-order valence-corrected chi connectivity index (χ3v) is 3.44. The van der Waals surface area contributed by atoms with Gasteiger partial charge in [-0.2, -0.15) is 16.3 Å². The van der Waals surface area contributed by atoms with Crippen molar-refractivity contribution < 1.29 is 9.05 Å². The first-order chi connectivity index (χ1) is 8.74. The van der Waals surface area contributed by atoms with Crippen molar-refractivity contribution in [3.8, 4) is 11.4 Å². The van der Waals surface area contributed by atoms with Gasteiger partial charge in [-0.1, -0.05) is 10.3 Å². The lowest BCUT2D eigenvalue weighted by molar-refractivity contribution is 0.381. The minimum atomic E-state index is 0.554. The number of hydrogen-bond donors (Lipinski definition) is 0. The van der Waals surface area contributed by atoms with E-state index in [1.54, 1.807) is 11.3 Å². The Bertz CT molecular complexity index is 635. The van der Waals surface area contributed by atoms with Crippen LogP contribution in [0.1, 0.15) is 22.9 Å². The van der Waals surface area contributed by atoms with Gasteiger partial charge in [-0.25, -0.2) is 0 Å². The first-order valence-corrected chi connectivity index (χ1v) is 6.45. The van der Waals surface area contributed by atoms with Crippen LogP contribution in [0.2, 0.25) is 0 Å². The van der Waals surface area contributed by atoms with Crippen molar-refractivity contribution in [3.63, 3.8) is 0 Å². The van der Waals surface area contributed by atoms with Gasteiger partial charge in [0, 0.05) is 16.5 Å². The molecule has 0 fully saturated rings. The van der Waals surface area contributed by atoms with Crippen LogP contribution in [-0.4, -0.2) is 15.3 Å². The molecule has 0 saturated heterocycles. The van der Waals surface area contributed by atoms with Crippen LogP contribution in [0.5, 0.6) is 0 Å². The van der Waals surface area contributed by atoms with Gasteiger partial charge in [0.05, 0.1) is 12.1 Å². The van der Waals surface area contributed by atoms with E-state index in [0.29, 0.717) is 18.1 Å². The number of hydrogen-bond acceptors (Lipinski definition) is 6. The summed E-state index contributed by atoms with van der Waals surface area (Å²) in [6.07, 6.45) is 0.554. The van der Waals surface area contributed by atoms with Gasteiger partial charge in [-0.15, -0.1) is 0 Å². The first-order valence-electron chi connectivity index (χ1n) is 5.51. The molecule has 0 unspecified atom stereocenters. The molecule has 0 aliphatic heterocycles. The Morgan fingerprint density at radius 3 is 2.78 bits per heavy atom. The molecule has 3 heterocycles. The highest BCUT2D eigenvalue weighted by molar-refractivity contribution is 7.08. The first kappa shape index (κ1) is 11.2. The van der Waals surface area contributed by atoms with E-state index < -0.39 is 0 Å². The Morgan fingerprint density at radius 1 is 1.22 bits per heavy atom. The van der Waals surface area contributed by atoms with E-state index in [9.17, 15) is 0 Å². The molecule has 0 aromatic carbocycles. The molecular formula is C12H11N3O2S. The van der Waals surface area contributed by atoms with Crippen molar-refractivity contribution >= 4 is 11.3 Å². The van der Waals surface area contributed by atoms with Crippen molar-refractivity contribution in [2.24, 2.45) is 0 Å². The fourth-order valence-electron chi connectivity index (χ4n) is 1.74. The van der Waals surface area contributed by atoms with Crippen molar-refractivity contribution in [1.29, 1.82) is 0 Å². The van der Waals surface area contributed by atoms with E-state index in [1.165, 1.54) is 0 Å². The zero-order valence-electron chi connectivity index (χ0n) is 10.0. The molecule has 0 N–H and O–H groups in total. The molecule has 0 bridgehead atoms. The lowest BCUT2D eigenvalue weighted by Crippen LogP contribution is -1.91. The maximum absolute atomic E-state index is 5.25. The van der Waals surface area contributed by atoms with E-state index in [0.717, 1.165) is 22.6 Å². The van der Waals surface area contributed by atoms with E-state index in [-0.39, 0.29) is 0 Å². The van der Waals surface area contributed by atoms with Gasteiger partial charge in [0.15, 0.2) is 0 Å². The molecule has 6 heteroatoms. The lowest BCUT2D eigenvalue weighted by Gasteiger charge is -1.92. The predicted octanol–water partition coefficient (Wildman–Crippen LogP) is 2.99. The summed E-state index contributed by atoms with van der Waals surface area (Å²) in [5.41, 5.74) is 2.85. The summed E-state index contributed by atoms with van der Waals surface area (Å²) in [6.45, 7) is 3.79. The van der Waals surface area contributed by atoms with Crippen molar-refractivity contribution in [3.05, 3.63) is 39.7 Å². The van der Waals surface area contributed by atoms with E-state index in [4.69, 9.17) is 9.05 Å². The third-order valence-electron chi connectivity index (χ3n) is 2.76. The summed E-state index contributed by atoms with van der Waals surface area (Å²) < 4.78 is 10.4. The Balaban J connectivity index is 1.87. The molecule has 3 rings (SSSR count). The van der Waals surface area contributed by atoms with Crippen LogP contribution in [0, 0.1) is 13.8 Å². The molecule has 0 saturated carbocycles. The normalized spacial score (nSPS) is 11.0. The number of rotatable bonds is 3. The average molecular weight is 261 g/mol. The van der Waals surface area contributed by atoms with Gasteiger partial charge in [0.25, 0.3) is 0 Å². The van der Waals surface area contributed by atoms with Gasteiger partial charge in [0.2, 0.25) is 11.7 Å². The van der Waals surface area contributed by atoms with E-state index in [2.05, 4.69) is 15.3 Å². The number of aryl methyl sites for hydroxylation is 2. The average Bonchev–Trinajstić information content (AvgIpc) is 3.06. The maximum atomic E-state index is 5.25. The molecule has 3 aromatic rings. The molecule has 18 heavy (non-hydrogen) atoms. The molecule has 0 amide bonds. The smallest absolute Gasteiger partial charge is 0.231 e. The second-order valence-electron chi connectivity index (χ2n) is 4.00. The lowest BCUT2D eigenvalue weighted by atomic mass is 10.1. The van der Waals surface area contributed by atoms with E-state index in [1.807, 2.05) is 30.7 Å². The Morgan fingerprint density at radius 2 is 2.11 bits per heavy atom. The Kier molecular flexibility index (Phi) is 2.71. The fraction of sp³-hybridized carbons (Fsp3) is 0.250. The van der Waals surface area contributed by atoms with Crippen molar-refractivity contribution in [1.82, 2.24) is 15.3 Å². The molecule has 0 aliphatic rings. The third kappa shape index (κ3) is 1.95. The van der Waals surface area contributed by atoms with Gasteiger partial charge < -0.3 is 9.05 Å². The zero-order valence-corrected chi connectivity index (χ0v) is 10.8. The van der Waals surface area contributed by atoms with Crippen molar-refractivity contribution in [2.45, 2.75) is 20.3 Å². The molecule has 3 aromatic heterocycles. The predicted molar refractivity (Wildman–Crippen MR) is 66.4 cm³/mol. The molecule has 0 spiro atoms. The topological polar surface area (TPSA) is 65.0 Å².